The van der Waals surface area contributed by atoms with Crippen LogP contribution < -0.4 is 9.80 Å². The number of carbonyl (C=O) groups excluding carboxylic acids is 2. The van der Waals surface area contributed by atoms with E-state index in [1.807, 2.05) is 24.3 Å². The molecule has 2 amide bonds. The molecule has 3 aliphatic heterocycles. The molecule has 3 fully saturated rings. The van der Waals surface area contributed by atoms with E-state index in [0.717, 1.165) is 18.8 Å². The number of ether oxygens (including phenoxy) is 1. The number of unbranched alkanes of at least 4 members (excludes halogenated alkanes) is 1. The highest BCUT2D eigenvalue weighted by atomic mass is 16.5. The largest absolute Gasteiger partial charge is 0.481 e. The quantitative estimate of drug-likeness (QED) is 0.335. The van der Waals surface area contributed by atoms with Gasteiger partial charge in [0.1, 0.15) is 11.6 Å². The number of amides is 2. The van der Waals surface area contributed by atoms with Crippen LogP contribution in [0.3, 0.4) is 0 Å². The predicted octanol–water partition coefficient (Wildman–Crippen LogP) is 2.28. The summed E-state index contributed by atoms with van der Waals surface area (Å²) in [5.74, 6) is -3.52. The molecule has 1 aromatic carbocycles. The molecule has 1 spiro atoms. The Balaban J connectivity index is 1.71. The number of aliphatic carboxylic acids is 1. The van der Waals surface area contributed by atoms with Crippen molar-refractivity contribution in [1.29, 1.82) is 0 Å². The Kier molecular flexibility index (Phi) is 7.70. The summed E-state index contributed by atoms with van der Waals surface area (Å²) in [6, 6.07) is 6.81. The lowest BCUT2D eigenvalue weighted by Crippen LogP contribution is -2.56. The zero-order valence-corrected chi connectivity index (χ0v) is 21.1. The molecule has 9 heteroatoms. The van der Waals surface area contributed by atoms with Crippen LogP contribution in [0.1, 0.15) is 39.5 Å². The second-order valence-electron chi connectivity index (χ2n) is 9.78. The maximum absolute atomic E-state index is 14.3. The molecule has 1 aromatic rings. The predicted molar refractivity (Wildman–Crippen MR) is 136 cm³/mol. The van der Waals surface area contributed by atoms with Gasteiger partial charge in [-0.2, -0.15) is 0 Å². The third-order valence-electron chi connectivity index (χ3n) is 7.99. The van der Waals surface area contributed by atoms with Gasteiger partial charge in [-0.25, -0.2) is 0 Å². The van der Waals surface area contributed by atoms with Crippen LogP contribution in [0.2, 0.25) is 0 Å². The van der Waals surface area contributed by atoms with Gasteiger partial charge >= 0.3 is 5.97 Å². The lowest BCUT2D eigenvalue weighted by molar-refractivity contribution is -0.149. The van der Waals surface area contributed by atoms with Crippen LogP contribution in [0.5, 0.6) is 0 Å². The van der Waals surface area contributed by atoms with Gasteiger partial charge in [0, 0.05) is 44.2 Å². The van der Waals surface area contributed by atoms with Crippen LogP contribution in [-0.4, -0.2) is 83.4 Å². The number of carboxylic acids is 1. The Morgan fingerprint density at radius 3 is 2.44 bits per heavy atom. The highest BCUT2D eigenvalue weighted by molar-refractivity contribution is 6.04. The van der Waals surface area contributed by atoms with E-state index >= 15 is 0 Å². The SMILES string of the molecule is C=CCN(C(=O)[C@H]1N(CCCCO)C(=O)[C@@H]2[C@@H](C(=O)O)[C@H]3CC[C@]21O3)c1ccc(N(CC)CC)cc1. The first-order valence-electron chi connectivity index (χ1n) is 12.9. The third kappa shape index (κ3) is 4.18. The highest BCUT2D eigenvalue weighted by Crippen LogP contribution is 2.58. The monoisotopic (exact) mass is 499 g/mol. The first-order chi connectivity index (χ1) is 17.3. The average Bonchev–Trinajstić information content (AvgIpc) is 3.51. The first kappa shape index (κ1) is 26.2. The molecule has 0 radical (unpaired) electrons. The van der Waals surface area contributed by atoms with Gasteiger partial charge in [-0.3, -0.25) is 14.4 Å². The first-order valence-corrected chi connectivity index (χ1v) is 12.9. The van der Waals surface area contributed by atoms with Gasteiger partial charge in [-0.1, -0.05) is 6.08 Å². The van der Waals surface area contributed by atoms with Crippen LogP contribution in [0.4, 0.5) is 11.4 Å². The summed E-state index contributed by atoms with van der Waals surface area (Å²) in [6.45, 7) is 10.2. The topological polar surface area (TPSA) is 111 Å². The number of hydrogen-bond donors (Lipinski definition) is 2. The van der Waals surface area contributed by atoms with Crippen LogP contribution in [-0.2, 0) is 19.1 Å². The van der Waals surface area contributed by atoms with Crippen molar-refractivity contribution in [3.8, 4) is 0 Å². The molecule has 2 bridgehead atoms. The minimum absolute atomic E-state index is 0.0208. The fourth-order valence-electron chi connectivity index (χ4n) is 6.38. The second-order valence-corrected chi connectivity index (χ2v) is 9.78. The molecule has 3 saturated heterocycles. The molecule has 2 N–H and O–H groups in total. The Labute approximate surface area is 212 Å². The van der Waals surface area contributed by atoms with E-state index in [9.17, 15) is 24.6 Å². The molecule has 36 heavy (non-hydrogen) atoms. The van der Waals surface area contributed by atoms with Crippen LogP contribution in [0.25, 0.3) is 0 Å². The number of nitrogens with zero attached hydrogens (tertiary/aromatic N) is 3. The molecule has 0 aliphatic carbocycles. The highest BCUT2D eigenvalue weighted by Gasteiger charge is 2.74. The fourth-order valence-corrected chi connectivity index (χ4v) is 6.38. The number of aliphatic hydroxyl groups is 1. The number of fused-ring (bicyclic) bond motifs is 1. The van der Waals surface area contributed by atoms with Crippen LogP contribution in [0, 0.1) is 11.8 Å². The van der Waals surface area contributed by atoms with Gasteiger partial charge in [0.25, 0.3) is 5.91 Å². The van der Waals surface area contributed by atoms with Crippen molar-refractivity contribution in [2.24, 2.45) is 11.8 Å². The average molecular weight is 500 g/mol. The van der Waals surface area contributed by atoms with Gasteiger partial charge < -0.3 is 29.6 Å². The molecular formula is C27H37N3O6. The summed E-state index contributed by atoms with van der Waals surface area (Å²) >= 11 is 0. The van der Waals surface area contributed by atoms with Crippen LogP contribution in [0.15, 0.2) is 36.9 Å². The van der Waals surface area contributed by atoms with E-state index in [2.05, 4.69) is 25.3 Å². The Morgan fingerprint density at radius 2 is 1.86 bits per heavy atom. The number of likely N-dealkylation sites (tertiary alicyclic amines) is 1. The van der Waals surface area contributed by atoms with E-state index in [0.29, 0.717) is 31.4 Å². The lowest BCUT2D eigenvalue weighted by Gasteiger charge is -2.37. The Bertz CT molecular complexity index is 994. The summed E-state index contributed by atoms with van der Waals surface area (Å²) in [6.07, 6.45) is 3.05. The van der Waals surface area contributed by atoms with Gasteiger partial charge in [0.2, 0.25) is 5.91 Å². The van der Waals surface area contributed by atoms with Crippen molar-refractivity contribution >= 4 is 29.2 Å². The number of anilines is 2. The minimum atomic E-state index is -1.15. The minimum Gasteiger partial charge on any atom is -0.481 e. The number of benzene rings is 1. The van der Waals surface area contributed by atoms with Crippen molar-refractivity contribution in [3.63, 3.8) is 0 Å². The molecule has 4 rings (SSSR count). The molecule has 3 aliphatic rings. The fraction of sp³-hybridized carbons (Fsp3) is 0.593. The molecular weight excluding hydrogens is 462 g/mol. The lowest BCUT2D eigenvalue weighted by atomic mass is 9.70. The molecule has 3 heterocycles. The van der Waals surface area contributed by atoms with E-state index in [1.165, 1.54) is 4.90 Å². The van der Waals surface area contributed by atoms with Crippen molar-refractivity contribution < 1.29 is 29.3 Å². The summed E-state index contributed by atoms with van der Waals surface area (Å²) in [5, 5.41) is 19.2. The molecule has 0 saturated carbocycles. The number of rotatable bonds is 12. The molecule has 5 atom stereocenters. The van der Waals surface area contributed by atoms with E-state index in [-0.39, 0.29) is 31.5 Å². The van der Waals surface area contributed by atoms with Gasteiger partial charge in [0.05, 0.1) is 17.9 Å². The zero-order chi connectivity index (χ0) is 26.0. The maximum atomic E-state index is 14.3. The molecule has 0 unspecified atom stereocenters. The normalized spacial score (nSPS) is 28.3. The summed E-state index contributed by atoms with van der Waals surface area (Å²) in [4.78, 5) is 45.3. The van der Waals surface area contributed by atoms with Gasteiger partial charge in [-0.15, -0.1) is 6.58 Å². The standard InChI is InChI=1S/C27H37N3O6/c1-4-15-29(19-11-9-18(10-12-19)28(5-2)6-3)25(33)23-27-14-13-20(36-27)21(26(34)35)22(27)24(32)30(23)16-7-8-17-31/h4,9-12,20-23,31H,1,5-8,13-17H2,2-3H3,(H,34,35)/t20-,21+,22+,23-,27+/m1/s1. The van der Waals surface area contributed by atoms with E-state index in [4.69, 9.17) is 4.74 Å². The number of hydrogen-bond acceptors (Lipinski definition) is 6. The Hall–Kier alpha value is -2.91. The van der Waals surface area contributed by atoms with Crippen molar-refractivity contribution in [2.45, 2.75) is 57.3 Å². The zero-order valence-electron chi connectivity index (χ0n) is 21.1. The third-order valence-corrected chi connectivity index (χ3v) is 7.99. The summed E-state index contributed by atoms with van der Waals surface area (Å²) in [7, 11) is 0. The molecule has 0 aromatic heterocycles. The molecule has 9 nitrogen and oxygen atoms in total. The second kappa shape index (κ2) is 10.6. The van der Waals surface area contributed by atoms with Gasteiger partial charge in [-0.05, 0) is 63.8 Å². The van der Waals surface area contributed by atoms with Crippen molar-refractivity contribution in [1.82, 2.24) is 4.90 Å². The summed E-state index contributed by atoms with van der Waals surface area (Å²) in [5.41, 5.74) is 0.583. The van der Waals surface area contributed by atoms with Crippen molar-refractivity contribution in [2.75, 3.05) is 42.6 Å². The Morgan fingerprint density at radius 1 is 1.19 bits per heavy atom. The number of carbonyl (C=O) groups is 3. The number of aliphatic hydroxyl groups excluding tert-OH is 1. The van der Waals surface area contributed by atoms with Gasteiger partial charge in [0.15, 0.2) is 0 Å². The smallest absolute Gasteiger partial charge is 0.310 e. The molecule has 196 valence electrons. The van der Waals surface area contributed by atoms with Crippen LogP contribution >= 0.6 is 0 Å². The summed E-state index contributed by atoms with van der Waals surface area (Å²) < 4.78 is 6.27. The van der Waals surface area contributed by atoms with E-state index in [1.54, 1.807) is 11.0 Å². The van der Waals surface area contributed by atoms with E-state index < -0.39 is 35.6 Å². The number of carboxylic acid groups (broad SMARTS) is 1. The maximum Gasteiger partial charge on any atom is 0.310 e. The van der Waals surface area contributed by atoms with Crippen molar-refractivity contribution in [3.05, 3.63) is 36.9 Å².